The van der Waals surface area contributed by atoms with E-state index in [0.717, 1.165) is 30.3 Å². The van der Waals surface area contributed by atoms with E-state index in [1.165, 1.54) is 5.56 Å². The summed E-state index contributed by atoms with van der Waals surface area (Å²) in [7, 11) is 0. The lowest BCUT2D eigenvalue weighted by atomic mass is 10.2. The van der Waals surface area contributed by atoms with Crippen molar-refractivity contribution in [2.45, 2.75) is 37.9 Å². The first kappa shape index (κ1) is 13.2. The van der Waals surface area contributed by atoms with Gasteiger partial charge in [-0.2, -0.15) is 0 Å². The zero-order valence-electron chi connectivity index (χ0n) is 9.63. The molecular formula is C13H18BrNO. The van der Waals surface area contributed by atoms with Crippen molar-refractivity contribution in [1.29, 1.82) is 0 Å². The highest BCUT2D eigenvalue weighted by Gasteiger charge is 2.01. The Labute approximate surface area is 106 Å². The van der Waals surface area contributed by atoms with E-state index in [-0.39, 0.29) is 5.91 Å². The van der Waals surface area contributed by atoms with Crippen LogP contribution >= 0.6 is 15.9 Å². The number of halogens is 1. The number of rotatable bonds is 6. The summed E-state index contributed by atoms with van der Waals surface area (Å²) < 4.78 is 0. The Morgan fingerprint density at radius 1 is 1.25 bits per heavy atom. The summed E-state index contributed by atoms with van der Waals surface area (Å²) in [4.78, 5) is 11.5. The average molecular weight is 284 g/mol. The molecule has 2 nitrogen and oxygen atoms in total. The quantitative estimate of drug-likeness (QED) is 0.618. The number of unbranched alkanes of at least 4 members (excludes halogenated alkanes) is 2. The van der Waals surface area contributed by atoms with E-state index in [1.54, 1.807) is 0 Å². The summed E-state index contributed by atoms with van der Waals surface area (Å²) in [5.74, 6) is 0.111. The van der Waals surface area contributed by atoms with Crippen LogP contribution < -0.4 is 5.32 Å². The second-order valence-electron chi connectivity index (χ2n) is 3.84. The number of hydrogen-bond donors (Lipinski definition) is 1. The Hall–Kier alpha value is -0.830. The summed E-state index contributed by atoms with van der Waals surface area (Å²) in [5, 5.41) is 3.74. The van der Waals surface area contributed by atoms with Gasteiger partial charge < -0.3 is 5.32 Å². The van der Waals surface area contributed by atoms with Crippen LogP contribution in [0.5, 0.6) is 0 Å². The molecule has 0 heterocycles. The Kier molecular flexibility index (Phi) is 6.16. The minimum absolute atomic E-state index is 0.111. The maximum absolute atomic E-state index is 11.5. The molecule has 0 aliphatic heterocycles. The van der Waals surface area contributed by atoms with Crippen LogP contribution in [0, 0.1) is 0 Å². The topological polar surface area (TPSA) is 29.1 Å². The average Bonchev–Trinajstić information content (AvgIpc) is 2.30. The smallest absolute Gasteiger partial charge is 0.224 e. The highest BCUT2D eigenvalue weighted by molar-refractivity contribution is 9.08. The third kappa shape index (κ3) is 4.79. The normalized spacial score (nSPS) is 10.1. The summed E-state index contributed by atoms with van der Waals surface area (Å²) in [5.41, 5.74) is 2.09. The molecule has 1 aromatic carbocycles. The molecule has 1 aromatic rings. The van der Waals surface area contributed by atoms with Gasteiger partial charge in [-0.15, -0.1) is 0 Å². The van der Waals surface area contributed by atoms with E-state index in [2.05, 4.69) is 28.2 Å². The van der Waals surface area contributed by atoms with Crippen molar-refractivity contribution >= 4 is 27.5 Å². The fourth-order valence-corrected chi connectivity index (χ4v) is 1.81. The van der Waals surface area contributed by atoms with E-state index in [4.69, 9.17) is 0 Å². The predicted octanol–water partition coefficient (Wildman–Crippen LogP) is 4.10. The zero-order valence-corrected chi connectivity index (χ0v) is 11.2. The highest BCUT2D eigenvalue weighted by Crippen LogP contribution is 2.12. The molecule has 0 saturated carbocycles. The van der Waals surface area contributed by atoms with E-state index in [1.807, 2.05) is 24.3 Å². The first-order chi connectivity index (χ1) is 7.76. The highest BCUT2D eigenvalue weighted by atomic mass is 79.9. The van der Waals surface area contributed by atoms with Crippen LogP contribution in [-0.4, -0.2) is 5.91 Å². The second kappa shape index (κ2) is 7.44. The predicted molar refractivity (Wildman–Crippen MR) is 71.8 cm³/mol. The lowest BCUT2D eigenvalue weighted by Crippen LogP contribution is -2.10. The summed E-state index contributed by atoms with van der Waals surface area (Å²) >= 11 is 3.39. The largest absolute Gasteiger partial charge is 0.326 e. The molecule has 16 heavy (non-hydrogen) atoms. The Morgan fingerprint density at radius 3 is 2.50 bits per heavy atom. The van der Waals surface area contributed by atoms with E-state index in [9.17, 15) is 4.79 Å². The SMILES string of the molecule is CCCCCC(=O)Nc1ccc(CBr)cc1. The van der Waals surface area contributed by atoms with Gasteiger partial charge in [-0.1, -0.05) is 47.8 Å². The fourth-order valence-electron chi connectivity index (χ4n) is 1.44. The van der Waals surface area contributed by atoms with Crippen molar-refractivity contribution in [3.63, 3.8) is 0 Å². The minimum Gasteiger partial charge on any atom is -0.326 e. The Morgan fingerprint density at radius 2 is 1.94 bits per heavy atom. The van der Waals surface area contributed by atoms with Gasteiger partial charge in [-0.25, -0.2) is 0 Å². The van der Waals surface area contributed by atoms with Crippen molar-refractivity contribution < 1.29 is 4.79 Å². The fraction of sp³-hybridized carbons (Fsp3) is 0.462. The van der Waals surface area contributed by atoms with Crippen LogP contribution in [0.25, 0.3) is 0 Å². The number of benzene rings is 1. The van der Waals surface area contributed by atoms with Crippen LogP contribution in [0.4, 0.5) is 5.69 Å². The molecule has 0 fully saturated rings. The summed E-state index contributed by atoms with van der Waals surface area (Å²) in [6.07, 6.45) is 3.86. The summed E-state index contributed by atoms with van der Waals surface area (Å²) in [6, 6.07) is 7.90. The monoisotopic (exact) mass is 283 g/mol. The molecule has 0 radical (unpaired) electrons. The standard InChI is InChI=1S/C13H18BrNO/c1-2-3-4-5-13(16)15-12-8-6-11(10-14)7-9-12/h6-9H,2-5,10H2,1H3,(H,15,16). The van der Waals surface area contributed by atoms with Gasteiger partial charge in [0.05, 0.1) is 0 Å². The molecule has 1 N–H and O–H groups in total. The van der Waals surface area contributed by atoms with Crippen molar-refractivity contribution in [2.75, 3.05) is 5.32 Å². The van der Waals surface area contributed by atoms with Gasteiger partial charge >= 0.3 is 0 Å². The number of hydrogen-bond acceptors (Lipinski definition) is 1. The van der Waals surface area contributed by atoms with Gasteiger partial charge in [0.15, 0.2) is 0 Å². The first-order valence-corrected chi connectivity index (χ1v) is 6.83. The molecule has 0 atom stereocenters. The molecule has 0 bridgehead atoms. The molecule has 1 rings (SSSR count). The maximum atomic E-state index is 11.5. The molecule has 0 spiro atoms. The van der Waals surface area contributed by atoms with E-state index < -0.39 is 0 Å². The van der Waals surface area contributed by atoms with Crippen LogP contribution in [-0.2, 0) is 10.1 Å². The van der Waals surface area contributed by atoms with Crippen molar-refractivity contribution in [3.8, 4) is 0 Å². The number of amides is 1. The third-order valence-corrected chi connectivity index (χ3v) is 3.05. The van der Waals surface area contributed by atoms with Gasteiger partial charge in [-0.3, -0.25) is 4.79 Å². The van der Waals surface area contributed by atoms with Crippen molar-refractivity contribution in [3.05, 3.63) is 29.8 Å². The molecule has 0 aliphatic carbocycles. The number of anilines is 1. The first-order valence-electron chi connectivity index (χ1n) is 5.71. The van der Waals surface area contributed by atoms with Crippen LogP contribution in [0.1, 0.15) is 38.2 Å². The zero-order chi connectivity index (χ0) is 11.8. The van der Waals surface area contributed by atoms with Gasteiger partial charge in [0.25, 0.3) is 0 Å². The van der Waals surface area contributed by atoms with Crippen molar-refractivity contribution in [2.24, 2.45) is 0 Å². The number of carbonyl (C=O) groups is 1. The molecule has 0 aliphatic rings. The van der Waals surface area contributed by atoms with Crippen LogP contribution in [0.3, 0.4) is 0 Å². The number of alkyl halides is 1. The third-order valence-electron chi connectivity index (χ3n) is 2.40. The van der Waals surface area contributed by atoms with Crippen LogP contribution in [0.2, 0.25) is 0 Å². The van der Waals surface area contributed by atoms with Gasteiger partial charge in [0, 0.05) is 17.4 Å². The van der Waals surface area contributed by atoms with Gasteiger partial charge in [0.2, 0.25) is 5.91 Å². The summed E-state index contributed by atoms with van der Waals surface area (Å²) in [6.45, 7) is 2.14. The molecule has 0 aromatic heterocycles. The lowest BCUT2D eigenvalue weighted by molar-refractivity contribution is -0.116. The minimum atomic E-state index is 0.111. The molecule has 0 saturated heterocycles. The van der Waals surface area contributed by atoms with Gasteiger partial charge in [0.1, 0.15) is 0 Å². The lowest BCUT2D eigenvalue weighted by Gasteiger charge is -2.05. The van der Waals surface area contributed by atoms with Crippen LogP contribution in [0.15, 0.2) is 24.3 Å². The Bertz CT molecular complexity index is 321. The molecular weight excluding hydrogens is 266 g/mol. The van der Waals surface area contributed by atoms with Gasteiger partial charge in [-0.05, 0) is 24.1 Å². The van der Waals surface area contributed by atoms with E-state index in [0.29, 0.717) is 6.42 Å². The Balaban J connectivity index is 2.37. The van der Waals surface area contributed by atoms with E-state index >= 15 is 0 Å². The molecule has 1 amide bonds. The molecule has 0 unspecified atom stereocenters. The molecule has 88 valence electrons. The number of carbonyl (C=O) groups excluding carboxylic acids is 1. The second-order valence-corrected chi connectivity index (χ2v) is 4.40. The molecule has 3 heteroatoms. The number of nitrogens with one attached hydrogen (secondary N) is 1. The van der Waals surface area contributed by atoms with Crippen molar-refractivity contribution in [1.82, 2.24) is 0 Å². The maximum Gasteiger partial charge on any atom is 0.224 e.